The minimum absolute atomic E-state index is 0.178. The smallest absolute Gasteiger partial charge is 0.146 e. The van der Waals surface area contributed by atoms with E-state index < -0.39 is 6.10 Å². The van der Waals surface area contributed by atoms with Gasteiger partial charge in [-0.1, -0.05) is 18.2 Å². The second-order valence-electron chi connectivity index (χ2n) is 7.41. The summed E-state index contributed by atoms with van der Waals surface area (Å²) >= 11 is 0. The number of benzene rings is 2. The lowest BCUT2D eigenvalue weighted by Crippen LogP contribution is -2.49. The number of piperazine rings is 1. The van der Waals surface area contributed by atoms with E-state index in [1.165, 1.54) is 11.6 Å². The zero-order valence-electron chi connectivity index (χ0n) is 16.4. The van der Waals surface area contributed by atoms with E-state index in [4.69, 9.17) is 4.74 Å². The van der Waals surface area contributed by atoms with Crippen LogP contribution in [0, 0.1) is 26.6 Å². The van der Waals surface area contributed by atoms with E-state index in [1.807, 2.05) is 32.0 Å². The largest absolute Gasteiger partial charge is 0.491 e. The van der Waals surface area contributed by atoms with Crippen molar-refractivity contribution in [2.24, 2.45) is 0 Å². The number of halogens is 1. The molecule has 1 N–H and O–H groups in total. The topological polar surface area (TPSA) is 35.9 Å². The fraction of sp³-hybridized carbons (Fsp3) is 0.455. The summed E-state index contributed by atoms with van der Waals surface area (Å²) < 4.78 is 19.8. The zero-order chi connectivity index (χ0) is 19.4. The number of anilines is 1. The van der Waals surface area contributed by atoms with Crippen LogP contribution in [0.5, 0.6) is 5.75 Å². The lowest BCUT2D eigenvalue weighted by molar-refractivity contribution is 0.0660. The van der Waals surface area contributed by atoms with Crippen LogP contribution in [0.2, 0.25) is 0 Å². The Labute approximate surface area is 161 Å². The van der Waals surface area contributed by atoms with Gasteiger partial charge in [0.1, 0.15) is 24.3 Å². The first-order valence-electron chi connectivity index (χ1n) is 9.54. The van der Waals surface area contributed by atoms with Crippen LogP contribution in [-0.4, -0.2) is 55.4 Å². The first-order valence-corrected chi connectivity index (χ1v) is 9.54. The average Bonchev–Trinajstić information content (AvgIpc) is 2.65. The van der Waals surface area contributed by atoms with Gasteiger partial charge in [0, 0.05) is 32.7 Å². The summed E-state index contributed by atoms with van der Waals surface area (Å²) in [6, 6.07) is 11.0. The number of aryl methyl sites for hydroxylation is 2. The Balaban J connectivity index is 1.47. The second kappa shape index (κ2) is 8.72. The van der Waals surface area contributed by atoms with E-state index in [1.54, 1.807) is 6.07 Å². The molecule has 5 heteroatoms. The maximum atomic E-state index is 13.9. The van der Waals surface area contributed by atoms with Crippen LogP contribution >= 0.6 is 0 Å². The number of hydrogen-bond donors (Lipinski definition) is 1. The van der Waals surface area contributed by atoms with E-state index in [2.05, 4.69) is 22.8 Å². The Morgan fingerprint density at radius 1 is 1.07 bits per heavy atom. The van der Waals surface area contributed by atoms with Crippen LogP contribution in [0.1, 0.15) is 16.7 Å². The quantitative estimate of drug-likeness (QED) is 0.844. The summed E-state index contributed by atoms with van der Waals surface area (Å²) in [5, 5.41) is 10.4. The van der Waals surface area contributed by atoms with E-state index in [0.29, 0.717) is 12.2 Å². The average molecular weight is 372 g/mol. The van der Waals surface area contributed by atoms with Crippen LogP contribution in [0.25, 0.3) is 0 Å². The predicted octanol–water partition coefficient (Wildman–Crippen LogP) is 3.31. The van der Waals surface area contributed by atoms with Gasteiger partial charge in [-0.25, -0.2) is 4.39 Å². The fourth-order valence-electron chi connectivity index (χ4n) is 3.57. The molecule has 0 bridgehead atoms. The summed E-state index contributed by atoms with van der Waals surface area (Å²) in [5.74, 6) is 0.666. The fourth-order valence-corrected chi connectivity index (χ4v) is 3.57. The summed E-state index contributed by atoms with van der Waals surface area (Å²) in [7, 11) is 0. The lowest BCUT2D eigenvalue weighted by Gasteiger charge is -2.37. The van der Waals surface area contributed by atoms with E-state index in [0.717, 1.165) is 43.1 Å². The summed E-state index contributed by atoms with van der Waals surface area (Å²) in [4.78, 5) is 4.27. The van der Waals surface area contributed by atoms with Crippen LogP contribution in [0.4, 0.5) is 10.1 Å². The van der Waals surface area contributed by atoms with E-state index in [9.17, 15) is 9.50 Å². The van der Waals surface area contributed by atoms with Crippen LogP contribution in [0.3, 0.4) is 0 Å². The van der Waals surface area contributed by atoms with Gasteiger partial charge in [-0.2, -0.15) is 0 Å². The second-order valence-corrected chi connectivity index (χ2v) is 7.41. The summed E-state index contributed by atoms with van der Waals surface area (Å²) in [6.45, 7) is 10.1. The number of rotatable bonds is 6. The number of nitrogens with zero attached hydrogens (tertiary/aromatic N) is 2. The van der Waals surface area contributed by atoms with Gasteiger partial charge in [-0.05, 0) is 55.7 Å². The van der Waals surface area contributed by atoms with Crippen molar-refractivity contribution >= 4 is 5.69 Å². The van der Waals surface area contributed by atoms with Crippen molar-refractivity contribution in [1.82, 2.24) is 4.90 Å². The summed E-state index contributed by atoms with van der Waals surface area (Å²) in [6.07, 6.45) is -0.551. The Kier molecular flexibility index (Phi) is 6.34. The monoisotopic (exact) mass is 372 g/mol. The van der Waals surface area contributed by atoms with Gasteiger partial charge in [-0.3, -0.25) is 4.90 Å². The van der Waals surface area contributed by atoms with Crippen LogP contribution in [0.15, 0.2) is 36.4 Å². The molecule has 2 aromatic rings. The number of aliphatic hydroxyl groups excluding tert-OH is 1. The number of para-hydroxylation sites is 1. The maximum absolute atomic E-state index is 13.9. The molecule has 27 heavy (non-hydrogen) atoms. The molecule has 3 rings (SSSR count). The third-order valence-electron chi connectivity index (χ3n) is 5.23. The van der Waals surface area contributed by atoms with Gasteiger partial charge >= 0.3 is 0 Å². The third kappa shape index (κ3) is 4.99. The molecule has 1 heterocycles. The molecule has 146 valence electrons. The SMILES string of the molecule is Cc1cc(C)c(C)c(OCC(O)CN2CCN(c3ccccc3F)CC2)c1. The molecular formula is C22H29FN2O2. The maximum Gasteiger partial charge on any atom is 0.146 e. The molecule has 1 saturated heterocycles. The highest BCUT2D eigenvalue weighted by molar-refractivity contribution is 5.48. The molecule has 0 aromatic heterocycles. The standard InChI is InChI=1S/C22H29FN2O2/c1-16-12-17(2)18(3)22(13-16)27-15-19(26)14-24-8-10-25(11-9-24)21-7-5-4-6-20(21)23/h4-7,12-13,19,26H,8-11,14-15H2,1-3H3. The molecule has 1 fully saturated rings. The van der Waals surface area contributed by atoms with Gasteiger partial charge in [0.2, 0.25) is 0 Å². The Morgan fingerprint density at radius 2 is 1.78 bits per heavy atom. The molecule has 0 amide bonds. The van der Waals surface area contributed by atoms with Gasteiger partial charge in [-0.15, -0.1) is 0 Å². The molecule has 1 atom stereocenters. The molecular weight excluding hydrogens is 343 g/mol. The molecule has 1 aliphatic heterocycles. The van der Waals surface area contributed by atoms with Gasteiger partial charge in [0.15, 0.2) is 0 Å². The molecule has 0 radical (unpaired) electrons. The van der Waals surface area contributed by atoms with Gasteiger partial charge in [0.05, 0.1) is 5.69 Å². The predicted molar refractivity (Wildman–Crippen MR) is 107 cm³/mol. The molecule has 0 saturated carbocycles. The highest BCUT2D eigenvalue weighted by Gasteiger charge is 2.21. The minimum atomic E-state index is -0.551. The van der Waals surface area contributed by atoms with Crippen molar-refractivity contribution < 1.29 is 14.2 Å². The molecule has 0 spiro atoms. The van der Waals surface area contributed by atoms with Crippen LogP contribution in [-0.2, 0) is 0 Å². The summed E-state index contributed by atoms with van der Waals surface area (Å²) in [5.41, 5.74) is 4.13. The van der Waals surface area contributed by atoms with Crippen molar-refractivity contribution in [2.45, 2.75) is 26.9 Å². The molecule has 2 aromatic carbocycles. The van der Waals surface area contributed by atoms with E-state index in [-0.39, 0.29) is 12.4 Å². The first-order chi connectivity index (χ1) is 12.9. The van der Waals surface area contributed by atoms with Crippen molar-refractivity contribution in [3.8, 4) is 5.75 Å². The molecule has 1 aliphatic rings. The zero-order valence-corrected chi connectivity index (χ0v) is 16.4. The lowest BCUT2D eigenvalue weighted by atomic mass is 10.1. The molecule has 1 unspecified atom stereocenters. The number of hydrogen-bond acceptors (Lipinski definition) is 4. The van der Waals surface area contributed by atoms with Crippen molar-refractivity contribution in [3.05, 3.63) is 58.9 Å². The number of β-amino-alcohol motifs (C(OH)–C–C–N with tert-alkyl or cyclic N) is 1. The Hall–Kier alpha value is -2.11. The Bertz CT molecular complexity index is 773. The van der Waals surface area contributed by atoms with Crippen LogP contribution < -0.4 is 9.64 Å². The highest BCUT2D eigenvalue weighted by Crippen LogP contribution is 2.24. The van der Waals surface area contributed by atoms with Crippen molar-refractivity contribution in [1.29, 1.82) is 0 Å². The molecule has 4 nitrogen and oxygen atoms in total. The highest BCUT2D eigenvalue weighted by atomic mass is 19.1. The number of aliphatic hydroxyl groups is 1. The normalized spacial score (nSPS) is 16.4. The van der Waals surface area contributed by atoms with Crippen molar-refractivity contribution in [2.75, 3.05) is 44.2 Å². The molecule has 0 aliphatic carbocycles. The number of ether oxygens (including phenoxy) is 1. The third-order valence-corrected chi connectivity index (χ3v) is 5.23. The Morgan fingerprint density at radius 3 is 2.48 bits per heavy atom. The van der Waals surface area contributed by atoms with Crippen molar-refractivity contribution in [3.63, 3.8) is 0 Å². The van der Waals surface area contributed by atoms with E-state index >= 15 is 0 Å². The minimum Gasteiger partial charge on any atom is -0.491 e. The van der Waals surface area contributed by atoms with Gasteiger partial charge < -0.3 is 14.7 Å². The first kappa shape index (κ1) is 19.6. The van der Waals surface area contributed by atoms with Gasteiger partial charge in [0.25, 0.3) is 0 Å².